The van der Waals surface area contributed by atoms with Crippen molar-refractivity contribution in [2.45, 2.75) is 20.1 Å². The number of esters is 1. The number of aliphatic hydroxyl groups is 3. The van der Waals surface area contributed by atoms with Gasteiger partial charge in [-0.2, -0.15) is 0 Å². The Morgan fingerprint density at radius 3 is 1.75 bits per heavy atom. The normalized spacial score (nSPS) is 8.46. The van der Waals surface area contributed by atoms with Gasteiger partial charge < -0.3 is 30.6 Å². The Balaban J connectivity index is -0.000000388. The van der Waals surface area contributed by atoms with Crippen molar-refractivity contribution < 1.29 is 69.8 Å². The van der Waals surface area contributed by atoms with Crippen LogP contribution in [-0.4, -0.2) is 61.5 Å². The summed E-state index contributed by atoms with van der Waals surface area (Å²) in [5.41, 5.74) is 1.01. The Kier molecular flexibility index (Phi) is 20.3. The molecule has 0 bridgehead atoms. The second-order valence-electron chi connectivity index (χ2n) is 4.37. The molecule has 2 heterocycles. The molecule has 2 aromatic heterocycles. The number of aromatic carboxylic acids is 1. The molecule has 10 nitrogen and oxygen atoms in total. The summed E-state index contributed by atoms with van der Waals surface area (Å²) in [6.45, 7) is 1.64. The van der Waals surface area contributed by atoms with Gasteiger partial charge in [0.25, 0.3) is 0 Å². The number of pyridine rings is 2. The molecular formula is C17H23N2NaO8. The molecular weight excluding hydrogens is 383 g/mol. The van der Waals surface area contributed by atoms with E-state index in [9.17, 15) is 9.59 Å². The maximum absolute atomic E-state index is 11.1. The Morgan fingerprint density at radius 2 is 1.36 bits per heavy atom. The first-order valence-electron chi connectivity index (χ1n) is 7.50. The van der Waals surface area contributed by atoms with Gasteiger partial charge >= 0.3 is 41.5 Å². The molecule has 0 radical (unpaired) electrons. The maximum Gasteiger partial charge on any atom is 1.00 e. The number of rotatable bonds is 5. The van der Waals surface area contributed by atoms with Gasteiger partial charge in [-0.15, -0.1) is 0 Å². The Morgan fingerprint density at radius 1 is 0.929 bits per heavy atom. The number of ether oxygens (including phenoxy) is 1. The molecule has 0 aliphatic heterocycles. The van der Waals surface area contributed by atoms with Crippen molar-refractivity contribution in [2.75, 3.05) is 13.7 Å². The Labute approximate surface area is 184 Å². The zero-order chi connectivity index (χ0) is 19.9. The van der Waals surface area contributed by atoms with Crippen LogP contribution in [0.3, 0.4) is 0 Å². The summed E-state index contributed by atoms with van der Waals surface area (Å²) in [7, 11) is 1.00. The van der Waals surface area contributed by atoms with E-state index in [4.69, 9.17) is 25.2 Å². The largest absolute Gasteiger partial charge is 1.00 e. The van der Waals surface area contributed by atoms with Crippen molar-refractivity contribution in [2.24, 2.45) is 0 Å². The van der Waals surface area contributed by atoms with Crippen molar-refractivity contribution in [3.63, 3.8) is 0 Å². The molecule has 28 heavy (non-hydrogen) atoms. The van der Waals surface area contributed by atoms with Gasteiger partial charge in [-0.25, -0.2) is 19.6 Å². The zero-order valence-electron chi connectivity index (χ0n) is 15.9. The second kappa shape index (κ2) is 18.4. The number of carbonyl (C=O) groups excluding carboxylic acids is 1. The number of carboxylic acid groups (broad SMARTS) is 1. The maximum atomic E-state index is 11.1. The van der Waals surface area contributed by atoms with Crippen LogP contribution >= 0.6 is 0 Å². The van der Waals surface area contributed by atoms with E-state index >= 15 is 0 Å². The van der Waals surface area contributed by atoms with Crippen LogP contribution < -0.4 is 29.6 Å². The average Bonchev–Trinajstić information content (AvgIpc) is 2.70. The third kappa shape index (κ3) is 11.7. The SMILES string of the molecule is CCOC(=O)c1cccc(CO)n1.CO.O=C(O)c1cccc(CO)n1.[Na+].[OH-]. The molecule has 0 aliphatic rings. The van der Waals surface area contributed by atoms with Crippen molar-refractivity contribution in [1.29, 1.82) is 0 Å². The molecule has 0 aromatic carbocycles. The summed E-state index contributed by atoms with van der Waals surface area (Å²) in [5, 5.41) is 32.8. The minimum atomic E-state index is -1.08. The second-order valence-corrected chi connectivity index (χ2v) is 4.37. The molecule has 11 heteroatoms. The van der Waals surface area contributed by atoms with E-state index in [0.29, 0.717) is 18.0 Å². The van der Waals surface area contributed by atoms with Crippen LogP contribution in [0.2, 0.25) is 0 Å². The van der Waals surface area contributed by atoms with Crippen LogP contribution in [-0.2, 0) is 18.0 Å². The number of carbonyl (C=O) groups is 2. The fraction of sp³-hybridized carbons (Fsp3) is 0.294. The summed E-state index contributed by atoms with van der Waals surface area (Å²) < 4.78 is 4.74. The van der Waals surface area contributed by atoms with Gasteiger partial charge in [-0.1, -0.05) is 12.1 Å². The number of nitrogens with zero attached hydrogens (tertiary/aromatic N) is 2. The number of aliphatic hydroxyl groups excluding tert-OH is 3. The Hall–Kier alpha value is -1.92. The molecule has 150 valence electrons. The number of hydrogen-bond donors (Lipinski definition) is 4. The van der Waals surface area contributed by atoms with Gasteiger partial charge in [0, 0.05) is 7.11 Å². The predicted octanol–water partition coefficient (Wildman–Crippen LogP) is -2.54. The van der Waals surface area contributed by atoms with Crippen LogP contribution in [0.25, 0.3) is 0 Å². The first-order valence-corrected chi connectivity index (χ1v) is 7.50. The molecule has 0 spiro atoms. The standard InChI is InChI=1S/C9H11NO3.C7H7NO3.CH4O.Na.H2O/c1-2-13-9(12)8-5-3-4-7(6-11)10-8;9-4-5-2-1-3-6(8-5)7(10)11;1-2;;/h3-5,11H,2,6H2,1H3;1-3,9H,4H2,(H,10,11);2H,1H3;;1H2/q;;;+1;/p-1. The summed E-state index contributed by atoms with van der Waals surface area (Å²) in [6, 6.07) is 9.33. The number of hydrogen-bond acceptors (Lipinski definition) is 9. The van der Waals surface area contributed by atoms with Crippen LogP contribution in [0.5, 0.6) is 0 Å². The van der Waals surface area contributed by atoms with Crippen LogP contribution in [0.4, 0.5) is 0 Å². The van der Waals surface area contributed by atoms with Gasteiger partial charge in [0.15, 0.2) is 0 Å². The minimum absolute atomic E-state index is 0. The van der Waals surface area contributed by atoms with E-state index in [0.717, 1.165) is 7.11 Å². The van der Waals surface area contributed by atoms with Gasteiger partial charge in [0.05, 0.1) is 31.2 Å². The summed E-state index contributed by atoms with van der Waals surface area (Å²) in [5.74, 6) is -1.54. The summed E-state index contributed by atoms with van der Waals surface area (Å²) in [4.78, 5) is 29.0. The monoisotopic (exact) mass is 406 g/mol. The fourth-order valence-electron chi connectivity index (χ4n) is 1.57. The van der Waals surface area contributed by atoms with Crippen molar-refractivity contribution in [3.8, 4) is 0 Å². The van der Waals surface area contributed by atoms with Crippen LogP contribution in [0.15, 0.2) is 36.4 Å². The molecule has 0 aliphatic carbocycles. The molecule has 0 atom stereocenters. The van der Waals surface area contributed by atoms with Gasteiger partial charge in [0.1, 0.15) is 11.4 Å². The molecule has 2 rings (SSSR count). The van der Waals surface area contributed by atoms with E-state index in [1.54, 1.807) is 37.3 Å². The van der Waals surface area contributed by atoms with E-state index in [1.807, 2.05) is 0 Å². The molecule has 0 fully saturated rings. The first-order chi connectivity index (χ1) is 12.5. The van der Waals surface area contributed by atoms with Gasteiger partial charge in [0.2, 0.25) is 0 Å². The van der Waals surface area contributed by atoms with Crippen molar-refractivity contribution in [3.05, 3.63) is 59.2 Å². The average molecular weight is 406 g/mol. The van der Waals surface area contributed by atoms with Gasteiger partial charge in [-0.3, -0.25) is 0 Å². The summed E-state index contributed by atoms with van der Waals surface area (Å²) >= 11 is 0. The van der Waals surface area contributed by atoms with Crippen molar-refractivity contribution >= 4 is 11.9 Å². The van der Waals surface area contributed by atoms with E-state index < -0.39 is 11.9 Å². The quantitative estimate of drug-likeness (QED) is 0.305. The predicted molar refractivity (Wildman–Crippen MR) is 93.3 cm³/mol. The molecule has 0 unspecified atom stereocenters. The van der Waals surface area contributed by atoms with Crippen molar-refractivity contribution in [1.82, 2.24) is 9.97 Å². The molecule has 0 saturated carbocycles. The van der Waals surface area contributed by atoms with Crippen LogP contribution in [0, 0.1) is 0 Å². The number of carboxylic acids is 1. The van der Waals surface area contributed by atoms with Gasteiger partial charge in [-0.05, 0) is 31.2 Å². The molecule has 0 saturated heterocycles. The molecule has 0 amide bonds. The molecule has 5 N–H and O–H groups in total. The van der Waals surface area contributed by atoms with E-state index in [-0.39, 0.29) is 59.6 Å². The number of aromatic nitrogens is 2. The third-order valence-corrected chi connectivity index (χ3v) is 2.64. The van der Waals surface area contributed by atoms with E-state index in [2.05, 4.69) is 9.97 Å². The summed E-state index contributed by atoms with van der Waals surface area (Å²) in [6.07, 6.45) is 0. The van der Waals surface area contributed by atoms with E-state index in [1.165, 1.54) is 6.07 Å². The first kappa shape index (κ1) is 30.8. The zero-order valence-corrected chi connectivity index (χ0v) is 17.9. The Bertz CT molecular complexity index is 700. The van der Waals surface area contributed by atoms with Crippen LogP contribution in [0.1, 0.15) is 39.3 Å². The molecule has 2 aromatic rings. The third-order valence-electron chi connectivity index (χ3n) is 2.64. The fourth-order valence-corrected chi connectivity index (χ4v) is 1.57. The smallest absolute Gasteiger partial charge is 0.870 e. The minimum Gasteiger partial charge on any atom is -0.870 e. The topological polar surface area (TPSA) is 180 Å².